The molecule has 1 aliphatic heterocycles. The summed E-state index contributed by atoms with van der Waals surface area (Å²) in [6.45, 7) is 9.59. The lowest BCUT2D eigenvalue weighted by Gasteiger charge is -2.41. The van der Waals surface area contributed by atoms with E-state index in [-0.39, 0.29) is 29.5 Å². The van der Waals surface area contributed by atoms with Crippen LogP contribution in [0, 0.1) is 0 Å². The molecule has 2 N–H and O–H groups in total. The number of hydrogen-bond acceptors (Lipinski definition) is 4. The molecule has 0 aliphatic carbocycles. The van der Waals surface area contributed by atoms with E-state index >= 15 is 0 Å². The zero-order valence-corrected chi connectivity index (χ0v) is 21.8. The molecule has 7 heteroatoms. The van der Waals surface area contributed by atoms with Crippen molar-refractivity contribution >= 4 is 29.9 Å². The predicted molar refractivity (Wildman–Crippen MR) is 138 cm³/mol. The lowest BCUT2D eigenvalue weighted by molar-refractivity contribution is -0.00254. The van der Waals surface area contributed by atoms with Crippen molar-refractivity contribution in [3.8, 4) is 0 Å². The van der Waals surface area contributed by atoms with Crippen LogP contribution < -0.4 is 10.6 Å². The van der Waals surface area contributed by atoms with Crippen LogP contribution in [0.2, 0.25) is 0 Å². The summed E-state index contributed by atoms with van der Waals surface area (Å²) in [6.07, 6.45) is 3.13. The molecule has 30 heavy (non-hydrogen) atoms. The van der Waals surface area contributed by atoms with Gasteiger partial charge in [-0.1, -0.05) is 30.3 Å². The second-order valence-electron chi connectivity index (χ2n) is 8.39. The fourth-order valence-electron chi connectivity index (χ4n) is 3.71. The van der Waals surface area contributed by atoms with Crippen LogP contribution >= 0.6 is 24.0 Å². The zero-order valence-electron chi connectivity index (χ0n) is 19.5. The van der Waals surface area contributed by atoms with Crippen molar-refractivity contribution in [3.05, 3.63) is 35.9 Å². The van der Waals surface area contributed by atoms with Crippen LogP contribution in [0.15, 0.2) is 35.3 Å². The van der Waals surface area contributed by atoms with Crippen molar-refractivity contribution in [1.82, 2.24) is 20.4 Å². The molecule has 0 saturated carbocycles. The summed E-state index contributed by atoms with van der Waals surface area (Å²) in [5.74, 6) is 0.915. The molecule has 1 unspecified atom stereocenters. The zero-order chi connectivity index (χ0) is 21.1. The minimum absolute atomic E-state index is 0. The van der Waals surface area contributed by atoms with Gasteiger partial charge in [-0.3, -0.25) is 9.89 Å². The van der Waals surface area contributed by atoms with Crippen LogP contribution in [-0.2, 0) is 11.3 Å². The maximum atomic E-state index is 5.57. The number of rotatable bonds is 10. The highest BCUT2D eigenvalue weighted by Crippen LogP contribution is 2.26. The molecule has 1 aromatic rings. The highest BCUT2D eigenvalue weighted by molar-refractivity contribution is 14.0. The van der Waals surface area contributed by atoms with E-state index in [1.54, 1.807) is 0 Å². The fraction of sp³-hybridized carbons (Fsp3) is 0.696. The highest BCUT2D eigenvalue weighted by Gasteiger charge is 2.34. The summed E-state index contributed by atoms with van der Waals surface area (Å²) in [5, 5.41) is 6.93. The van der Waals surface area contributed by atoms with Crippen molar-refractivity contribution in [2.75, 3.05) is 54.0 Å². The van der Waals surface area contributed by atoms with Gasteiger partial charge in [0.05, 0.1) is 6.54 Å². The van der Waals surface area contributed by atoms with Crippen LogP contribution in [0.25, 0.3) is 0 Å². The monoisotopic (exact) mass is 531 g/mol. The lowest BCUT2D eigenvalue weighted by Crippen LogP contribution is -2.51. The summed E-state index contributed by atoms with van der Waals surface area (Å²) in [5.41, 5.74) is 1.46. The van der Waals surface area contributed by atoms with Crippen molar-refractivity contribution < 1.29 is 4.74 Å². The molecule has 1 saturated heterocycles. The van der Waals surface area contributed by atoms with Gasteiger partial charge in [0.1, 0.15) is 0 Å². The Bertz CT molecular complexity index is 605. The first-order valence-corrected chi connectivity index (χ1v) is 11.0. The smallest absolute Gasteiger partial charge is 0.191 e. The number of benzene rings is 1. The largest absolute Gasteiger partial charge is 0.381 e. The Morgan fingerprint density at radius 1 is 1.13 bits per heavy atom. The third kappa shape index (κ3) is 8.69. The third-order valence-electron chi connectivity index (χ3n) is 6.13. The molecular weight excluding hydrogens is 489 g/mol. The van der Waals surface area contributed by atoms with Crippen LogP contribution in [0.4, 0.5) is 0 Å². The van der Waals surface area contributed by atoms with E-state index in [0.29, 0.717) is 6.04 Å². The SMILES string of the molecule is CCNC(=NCC1(N(C)C)CCOCC1)NCCC(C)N(C)Cc1ccccc1.I. The van der Waals surface area contributed by atoms with Gasteiger partial charge in [-0.05, 0) is 59.8 Å². The van der Waals surface area contributed by atoms with Gasteiger partial charge in [0.2, 0.25) is 0 Å². The van der Waals surface area contributed by atoms with E-state index in [2.05, 4.69) is 85.8 Å². The Kier molecular flexibility index (Phi) is 12.9. The maximum absolute atomic E-state index is 5.57. The van der Waals surface area contributed by atoms with Gasteiger partial charge in [0, 0.05) is 44.4 Å². The van der Waals surface area contributed by atoms with Crippen molar-refractivity contribution in [2.24, 2.45) is 4.99 Å². The lowest BCUT2D eigenvalue weighted by atomic mass is 9.89. The molecular formula is C23H42IN5O. The van der Waals surface area contributed by atoms with Crippen LogP contribution in [0.3, 0.4) is 0 Å². The first kappa shape index (κ1) is 27.1. The van der Waals surface area contributed by atoms with E-state index < -0.39 is 0 Å². The Morgan fingerprint density at radius 3 is 2.40 bits per heavy atom. The maximum Gasteiger partial charge on any atom is 0.191 e. The van der Waals surface area contributed by atoms with Crippen molar-refractivity contribution in [1.29, 1.82) is 0 Å². The molecule has 1 heterocycles. The normalized spacial score (nSPS) is 17.5. The molecule has 0 bridgehead atoms. The van der Waals surface area contributed by atoms with Gasteiger partial charge < -0.3 is 20.3 Å². The van der Waals surface area contributed by atoms with E-state index in [1.807, 2.05) is 0 Å². The van der Waals surface area contributed by atoms with E-state index in [9.17, 15) is 0 Å². The molecule has 6 nitrogen and oxygen atoms in total. The molecule has 2 rings (SSSR count). The van der Waals surface area contributed by atoms with Crippen molar-refractivity contribution in [2.45, 2.75) is 51.2 Å². The molecule has 0 aromatic heterocycles. The number of nitrogens with zero attached hydrogens (tertiary/aromatic N) is 3. The first-order valence-electron chi connectivity index (χ1n) is 11.0. The molecule has 1 aromatic carbocycles. The molecule has 0 spiro atoms. The Balaban J connectivity index is 0.00000450. The molecule has 0 radical (unpaired) electrons. The summed E-state index contributed by atoms with van der Waals surface area (Å²) in [6, 6.07) is 11.2. The summed E-state index contributed by atoms with van der Waals surface area (Å²) < 4.78 is 5.57. The summed E-state index contributed by atoms with van der Waals surface area (Å²) in [7, 11) is 6.51. The minimum Gasteiger partial charge on any atom is -0.381 e. The predicted octanol–water partition coefficient (Wildman–Crippen LogP) is 3.18. The van der Waals surface area contributed by atoms with Gasteiger partial charge in [0.25, 0.3) is 0 Å². The van der Waals surface area contributed by atoms with E-state index in [0.717, 1.165) is 64.6 Å². The Hall–Kier alpha value is -0.900. The molecule has 1 fully saturated rings. The number of aliphatic imine (C=N–C) groups is 1. The van der Waals surface area contributed by atoms with Gasteiger partial charge in [-0.25, -0.2) is 0 Å². The second kappa shape index (κ2) is 14.2. The van der Waals surface area contributed by atoms with E-state index in [4.69, 9.17) is 9.73 Å². The van der Waals surface area contributed by atoms with Gasteiger partial charge in [-0.2, -0.15) is 0 Å². The van der Waals surface area contributed by atoms with Gasteiger partial charge in [0.15, 0.2) is 5.96 Å². The second-order valence-corrected chi connectivity index (χ2v) is 8.39. The minimum atomic E-state index is 0. The number of halogens is 1. The molecule has 0 amide bonds. The Labute approximate surface area is 200 Å². The van der Waals surface area contributed by atoms with Gasteiger partial charge >= 0.3 is 0 Å². The average Bonchev–Trinajstić information content (AvgIpc) is 2.73. The topological polar surface area (TPSA) is 52.1 Å². The summed E-state index contributed by atoms with van der Waals surface area (Å²) in [4.78, 5) is 9.65. The van der Waals surface area contributed by atoms with Crippen LogP contribution in [0.1, 0.15) is 38.7 Å². The number of guanidine groups is 1. The standard InChI is InChI=1S/C23H41N5O.HI/c1-6-24-22(26-19-23(27(3)4)13-16-29-17-14-23)25-15-12-20(2)28(5)18-21-10-8-7-9-11-21;/h7-11,20H,6,12-19H2,1-5H3,(H2,24,25,26);1H. The molecule has 172 valence electrons. The Morgan fingerprint density at radius 2 is 1.80 bits per heavy atom. The average molecular weight is 532 g/mol. The first-order chi connectivity index (χ1) is 14.0. The number of hydrogen-bond donors (Lipinski definition) is 2. The molecule has 1 aliphatic rings. The van der Waals surface area contributed by atoms with Crippen LogP contribution in [-0.4, -0.2) is 81.3 Å². The fourth-order valence-corrected chi connectivity index (χ4v) is 3.71. The van der Waals surface area contributed by atoms with Crippen molar-refractivity contribution in [3.63, 3.8) is 0 Å². The number of nitrogens with one attached hydrogen (secondary N) is 2. The van der Waals surface area contributed by atoms with Gasteiger partial charge in [-0.15, -0.1) is 24.0 Å². The summed E-state index contributed by atoms with van der Waals surface area (Å²) >= 11 is 0. The highest BCUT2D eigenvalue weighted by atomic mass is 127. The number of likely N-dealkylation sites (N-methyl/N-ethyl adjacent to an activating group) is 1. The third-order valence-corrected chi connectivity index (χ3v) is 6.13. The van der Waals surface area contributed by atoms with Crippen LogP contribution in [0.5, 0.6) is 0 Å². The number of ether oxygens (including phenoxy) is 1. The quantitative estimate of drug-likeness (QED) is 0.276. The van der Waals surface area contributed by atoms with E-state index in [1.165, 1.54) is 5.56 Å². The molecule has 1 atom stereocenters.